The third kappa shape index (κ3) is 3.59. The summed E-state index contributed by atoms with van der Waals surface area (Å²) < 4.78 is 66.5. The van der Waals surface area contributed by atoms with Crippen molar-refractivity contribution in [2.24, 2.45) is 5.41 Å². The van der Waals surface area contributed by atoms with Crippen molar-refractivity contribution in [1.82, 2.24) is 4.90 Å². The van der Waals surface area contributed by atoms with Crippen LogP contribution in [0.3, 0.4) is 0 Å². The molecule has 1 aliphatic carbocycles. The highest BCUT2D eigenvalue weighted by Gasteiger charge is 2.66. The maximum absolute atomic E-state index is 13.5. The van der Waals surface area contributed by atoms with E-state index in [0.717, 1.165) is 6.07 Å². The molecule has 29 heavy (non-hydrogen) atoms. The second kappa shape index (κ2) is 7.31. The standard InChI is InChI=1S/C17H16Cl2F3NO5S/c18-9-2-3-13(11(19)6-9)29(27,28)10-7-12(14(24)25)23(8-10)15(26)16(4-1-5-16)17(20,21)22/h2-3,6,10,12H,1,4-5,7-8H2,(H,24,25)/t10-,12+/m1/s1. The van der Waals surface area contributed by atoms with Crippen LogP contribution in [0, 0.1) is 5.41 Å². The molecule has 1 aromatic carbocycles. The topological polar surface area (TPSA) is 91.8 Å². The molecule has 0 spiro atoms. The van der Waals surface area contributed by atoms with Gasteiger partial charge in [0.15, 0.2) is 9.84 Å². The maximum atomic E-state index is 13.5. The second-order valence-electron chi connectivity index (χ2n) is 7.22. The minimum Gasteiger partial charge on any atom is -0.480 e. The summed E-state index contributed by atoms with van der Waals surface area (Å²) in [5.74, 6) is -2.95. The number of hydrogen-bond acceptors (Lipinski definition) is 4. The number of benzene rings is 1. The fourth-order valence-electron chi connectivity index (χ4n) is 3.79. The lowest BCUT2D eigenvalue weighted by molar-refractivity contribution is -0.249. The van der Waals surface area contributed by atoms with Crippen LogP contribution in [0.1, 0.15) is 25.7 Å². The number of carbonyl (C=O) groups is 2. The molecule has 2 fully saturated rings. The van der Waals surface area contributed by atoms with Gasteiger partial charge in [-0.05, 0) is 37.5 Å². The summed E-state index contributed by atoms with van der Waals surface area (Å²) in [5.41, 5.74) is -2.66. The van der Waals surface area contributed by atoms with E-state index in [1.165, 1.54) is 12.1 Å². The van der Waals surface area contributed by atoms with E-state index < -0.39 is 70.4 Å². The van der Waals surface area contributed by atoms with Crippen molar-refractivity contribution in [3.63, 3.8) is 0 Å². The molecule has 1 aliphatic heterocycles. The van der Waals surface area contributed by atoms with E-state index in [4.69, 9.17) is 23.2 Å². The molecule has 3 rings (SSSR count). The number of aliphatic carboxylic acids is 1. The van der Waals surface area contributed by atoms with E-state index in [2.05, 4.69) is 0 Å². The smallest absolute Gasteiger partial charge is 0.403 e. The molecule has 0 unspecified atom stereocenters. The van der Waals surface area contributed by atoms with Crippen molar-refractivity contribution in [1.29, 1.82) is 0 Å². The van der Waals surface area contributed by atoms with Crippen LogP contribution in [0.2, 0.25) is 10.0 Å². The zero-order chi connectivity index (χ0) is 21.8. The lowest BCUT2D eigenvalue weighted by atomic mass is 9.67. The molecule has 1 aromatic rings. The van der Waals surface area contributed by atoms with Gasteiger partial charge in [-0.15, -0.1) is 0 Å². The Morgan fingerprint density at radius 2 is 1.83 bits per heavy atom. The van der Waals surface area contributed by atoms with E-state index in [-0.39, 0.29) is 21.4 Å². The molecular weight excluding hydrogens is 458 g/mol. The lowest BCUT2D eigenvalue weighted by Gasteiger charge is -2.44. The van der Waals surface area contributed by atoms with Crippen LogP contribution in [0.5, 0.6) is 0 Å². The van der Waals surface area contributed by atoms with Gasteiger partial charge in [-0.1, -0.05) is 29.6 Å². The van der Waals surface area contributed by atoms with E-state index in [1.54, 1.807) is 0 Å². The van der Waals surface area contributed by atoms with Crippen LogP contribution < -0.4 is 0 Å². The number of carboxylic acid groups (broad SMARTS) is 1. The van der Waals surface area contributed by atoms with E-state index in [9.17, 15) is 36.3 Å². The molecule has 6 nitrogen and oxygen atoms in total. The Morgan fingerprint density at radius 3 is 2.28 bits per heavy atom. The summed E-state index contributed by atoms with van der Waals surface area (Å²) in [6.07, 6.45) is -6.09. The van der Waals surface area contributed by atoms with Crippen molar-refractivity contribution >= 4 is 44.9 Å². The molecule has 0 radical (unpaired) electrons. The first-order valence-corrected chi connectivity index (χ1v) is 10.9. The first kappa shape index (κ1) is 22.2. The summed E-state index contributed by atoms with van der Waals surface area (Å²) in [4.78, 5) is 24.6. The Kier molecular flexibility index (Phi) is 5.59. The number of alkyl halides is 3. The average Bonchev–Trinajstić information content (AvgIpc) is 2.98. The van der Waals surface area contributed by atoms with E-state index in [0.29, 0.717) is 4.90 Å². The number of carbonyl (C=O) groups excluding carboxylic acids is 1. The molecular formula is C17H16Cl2F3NO5S. The largest absolute Gasteiger partial charge is 0.480 e. The monoisotopic (exact) mass is 473 g/mol. The van der Waals surface area contributed by atoms with Crippen LogP contribution >= 0.6 is 23.2 Å². The Hall–Kier alpha value is -1.52. The lowest BCUT2D eigenvalue weighted by Crippen LogP contribution is -2.58. The summed E-state index contributed by atoms with van der Waals surface area (Å²) in [5, 5.41) is 8.00. The van der Waals surface area contributed by atoms with Gasteiger partial charge in [0.2, 0.25) is 5.91 Å². The van der Waals surface area contributed by atoms with Gasteiger partial charge in [-0.3, -0.25) is 4.79 Å². The zero-order valence-electron chi connectivity index (χ0n) is 14.7. The highest BCUT2D eigenvalue weighted by molar-refractivity contribution is 7.92. The van der Waals surface area contributed by atoms with Crippen LogP contribution in [0.15, 0.2) is 23.1 Å². The number of hydrogen-bond donors (Lipinski definition) is 1. The van der Waals surface area contributed by atoms with Crippen molar-refractivity contribution < 1.29 is 36.3 Å². The maximum Gasteiger partial charge on any atom is 0.403 e. The molecule has 1 heterocycles. The van der Waals surface area contributed by atoms with Gasteiger partial charge in [-0.2, -0.15) is 13.2 Å². The van der Waals surface area contributed by atoms with Crippen LogP contribution in [0.25, 0.3) is 0 Å². The van der Waals surface area contributed by atoms with Crippen LogP contribution in [0.4, 0.5) is 13.2 Å². The second-order valence-corrected chi connectivity index (χ2v) is 10.3. The SMILES string of the molecule is O=C(O)[C@@H]1C[C@@H](S(=O)(=O)c2ccc(Cl)cc2Cl)CN1C(=O)C1(C(F)(F)F)CCC1. The van der Waals surface area contributed by atoms with Crippen LogP contribution in [-0.2, 0) is 19.4 Å². The first-order valence-electron chi connectivity index (χ1n) is 8.61. The van der Waals surface area contributed by atoms with Gasteiger partial charge in [-0.25, -0.2) is 13.2 Å². The fraction of sp³-hybridized carbons (Fsp3) is 0.529. The van der Waals surface area contributed by atoms with Gasteiger partial charge >= 0.3 is 12.1 Å². The Bertz CT molecular complexity index is 962. The predicted molar refractivity (Wildman–Crippen MR) is 97.5 cm³/mol. The molecule has 1 amide bonds. The molecule has 0 bridgehead atoms. The number of carboxylic acids is 1. The predicted octanol–water partition coefficient (Wildman–Crippen LogP) is 3.55. The molecule has 12 heteroatoms. The first-order chi connectivity index (χ1) is 13.3. The number of likely N-dealkylation sites (tertiary alicyclic amines) is 1. The quantitative estimate of drug-likeness (QED) is 0.721. The summed E-state index contributed by atoms with van der Waals surface area (Å²) in [6.45, 7) is -0.658. The van der Waals surface area contributed by atoms with Gasteiger partial charge in [0.1, 0.15) is 11.5 Å². The number of sulfone groups is 1. The molecule has 2 atom stereocenters. The molecule has 1 saturated heterocycles. The van der Waals surface area contributed by atoms with Crippen molar-refractivity contribution in [2.75, 3.05) is 6.54 Å². The average molecular weight is 474 g/mol. The minimum atomic E-state index is -4.85. The number of nitrogens with zero attached hydrogens (tertiary/aromatic N) is 1. The van der Waals surface area contributed by atoms with Crippen molar-refractivity contribution in [3.8, 4) is 0 Å². The van der Waals surface area contributed by atoms with E-state index >= 15 is 0 Å². The highest BCUT2D eigenvalue weighted by Crippen LogP contribution is 2.55. The summed E-state index contributed by atoms with van der Waals surface area (Å²) >= 11 is 11.7. The molecule has 160 valence electrons. The fourth-order valence-corrected chi connectivity index (χ4v) is 6.26. The number of rotatable bonds is 4. The normalized spacial score (nSPS) is 24.2. The van der Waals surface area contributed by atoms with Gasteiger partial charge < -0.3 is 10.0 Å². The van der Waals surface area contributed by atoms with Gasteiger partial charge in [0.05, 0.1) is 15.2 Å². The third-order valence-electron chi connectivity index (χ3n) is 5.61. The molecule has 1 N–H and O–H groups in total. The molecule has 2 aliphatic rings. The highest BCUT2D eigenvalue weighted by atomic mass is 35.5. The zero-order valence-corrected chi connectivity index (χ0v) is 17.1. The Labute approximate surface area is 174 Å². The van der Waals surface area contributed by atoms with Crippen LogP contribution in [-0.4, -0.2) is 54.3 Å². The molecule has 0 aromatic heterocycles. The summed E-state index contributed by atoms with van der Waals surface area (Å²) in [6, 6.07) is 1.94. The Morgan fingerprint density at radius 1 is 1.21 bits per heavy atom. The number of halogens is 5. The van der Waals surface area contributed by atoms with E-state index in [1.807, 2.05) is 0 Å². The van der Waals surface area contributed by atoms with Crippen molar-refractivity contribution in [2.45, 2.75) is 48.0 Å². The number of amides is 1. The van der Waals surface area contributed by atoms with Gasteiger partial charge in [0.25, 0.3) is 0 Å². The minimum absolute atomic E-state index is 0.178. The summed E-state index contributed by atoms with van der Waals surface area (Å²) in [7, 11) is -4.22. The van der Waals surface area contributed by atoms with Crippen molar-refractivity contribution in [3.05, 3.63) is 28.2 Å². The Balaban J connectivity index is 1.95. The third-order valence-corrected chi connectivity index (χ3v) is 8.46. The van der Waals surface area contributed by atoms with Gasteiger partial charge in [0, 0.05) is 11.6 Å². The molecule has 1 saturated carbocycles.